The van der Waals surface area contributed by atoms with Crippen LogP contribution in [0, 0.1) is 11.6 Å². The molecule has 0 saturated heterocycles. The molecule has 0 fully saturated rings. The molecular weight excluding hydrogens is 240 g/mol. The average Bonchev–Trinajstić information content (AvgIpc) is 2.80. The van der Waals surface area contributed by atoms with E-state index in [-0.39, 0.29) is 17.8 Å². The van der Waals surface area contributed by atoms with Crippen molar-refractivity contribution in [2.24, 2.45) is 0 Å². The smallest absolute Gasteiger partial charge is 0.150 e. The first-order chi connectivity index (χ1) is 8.61. The molecule has 1 aromatic carbocycles. The predicted octanol–water partition coefficient (Wildman–Crippen LogP) is 3.01. The summed E-state index contributed by atoms with van der Waals surface area (Å²) in [6.07, 6.45) is 1.90. The predicted molar refractivity (Wildman–Crippen MR) is 62.6 cm³/mol. The van der Waals surface area contributed by atoms with Gasteiger partial charge in [-0.05, 0) is 24.3 Å². The molecule has 1 heterocycles. The molecule has 5 heteroatoms. The van der Waals surface area contributed by atoms with Crippen molar-refractivity contribution >= 4 is 12.0 Å². The van der Waals surface area contributed by atoms with E-state index in [9.17, 15) is 13.6 Å². The zero-order valence-electron chi connectivity index (χ0n) is 9.69. The van der Waals surface area contributed by atoms with Crippen molar-refractivity contribution in [2.45, 2.75) is 6.54 Å². The third kappa shape index (κ3) is 2.40. The number of carbonyl (C=O) groups excluding carboxylic acids is 1. The van der Waals surface area contributed by atoms with Crippen LogP contribution in [0.3, 0.4) is 0 Å². The fraction of sp³-hybridized carbons (Fsp3) is 0.154. The first-order valence-electron chi connectivity index (χ1n) is 5.29. The molecule has 0 radical (unpaired) electrons. The number of aldehydes is 1. The van der Waals surface area contributed by atoms with E-state index in [4.69, 9.17) is 4.42 Å². The third-order valence-corrected chi connectivity index (χ3v) is 2.53. The van der Waals surface area contributed by atoms with Gasteiger partial charge in [-0.3, -0.25) is 4.79 Å². The van der Waals surface area contributed by atoms with Gasteiger partial charge in [0.15, 0.2) is 0 Å². The van der Waals surface area contributed by atoms with Crippen LogP contribution < -0.4 is 4.90 Å². The largest absolute Gasteiger partial charge is 0.467 e. The van der Waals surface area contributed by atoms with E-state index in [0.717, 1.165) is 12.1 Å². The van der Waals surface area contributed by atoms with Crippen LogP contribution in [-0.4, -0.2) is 13.3 Å². The Bertz CT molecular complexity index is 529. The molecule has 3 nitrogen and oxygen atoms in total. The Morgan fingerprint density at radius 2 is 2.00 bits per heavy atom. The van der Waals surface area contributed by atoms with Gasteiger partial charge in [-0.2, -0.15) is 0 Å². The van der Waals surface area contributed by atoms with E-state index < -0.39 is 11.6 Å². The van der Waals surface area contributed by atoms with Crippen molar-refractivity contribution in [2.75, 3.05) is 11.9 Å². The second kappa shape index (κ2) is 5.00. The number of carbonyl (C=O) groups is 1. The number of rotatable bonds is 4. The summed E-state index contributed by atoms with van der Waals surface area (Å²) >= 11 is 0. The monoisotopic (exact) mass is 251 g/mol. The van der Waals surface area contributed by atoms with Crippen LogP contribution in [0.15, 0.2) is 34.9 Å². The molecule has 0 saturated carbocycles. The zero-order chi connectivity index (χ0) is 13.1. The van der Waals surface area contributed by atoms with Crippen molar-refractivity contribution < 1.29 is 18.0 Å². The molecule has 0 aliphatic heterocycles. The van der Waals surface area contributed by atoms with Crippen molar-refractivity contribution in [1.29, 1.82) is 0 Å². The summed E-state index contributed by atoms with van der Waals surface area (Å²) in [6, 6.07) is 5.42. The summed E-state index contributed by atoms with van der Waals surface area (Å²) in [7, 11) is 1.55. The standard InChI is InChI=1S/C13H11F2NO2/c1-16(7-10-3-2-4-18-10)13-11(14)5-9(8-17)6-12(13)15/h2-6,8H,7H2,1H3. The van der Waals surface area contributed by atoms with E-state index in [1.807, 2.05) is 0 Å². The van der Waals surface area contributed by atoms with Gasteiger partial charge in [0.05, 0.1) is 12.8 Å². The van der Waals surface area contributed by atoms with Crippen LogP contribution in [0.25, 0.3) is 0 Å². The summed E-state index contributed by atoms with van der Waals surface area (Å²) < 4.78 is 32.5. The first kappa shape index (κ1) is 12.3. The molecule has 0 spiro atoms. The molecule has 0 unspecified atom stereocenters. The van der Waals surface area contributed by atoms with E-state index in [0.29, 0.717) is 12.0 Å². The van der Waals surface area contributed by atoms with Crippen LogP contribution >= 0.6 is 0 Å². The number of halogens is 2. The highest BCUT2D eigenvalue weighted by molar-refractivity contribution is 5.76. The van der Waals surface area contributed by atoms with E-state index in [1.54, 1.807) is 19.2 Å². The fourth-order valence-electron chi connectivity index (χ4n) is 1.73. The van der Waals surface area contributed by atoms with Crippen molar-refractivity contribution in [3.63, 3.8) is 0 Å². The summed E-state index contributed by atoms with van der Waals surface area (Å²) in [5.41, 5.74) is -0.211. The van der Waals surface area contributed by atoms with Gasteiger partial charge in [-0.1, -0.05) is 0 Å². The van der Waals surface area contributed by atoms with Crippen LogP contribution in [0.5, 0.6) is 0 Å². The lowest BCUT2D eigenvalue weighted by atomic mass is 10.2. The van der Waals surface area contributed by atoms with Crippen LogP contribution in [0.4, 0.5) is 14.5 Å². The Balaban J connectivity index is 2.30. The summed E-state index contributed by atoms with van der Waals surface area (Å²) in [4.78, 5) is 11.9. The molecule has 2 rings (SSSR count). The lowest BCUT2D eigenvalue weighted by Gasteiger charge is -2.19. The van der Waals surface area contributed by atoms with E-state index in [2.05, 4.69) is 0 Å². The van der Waals surface area contributed by atoms with Gasteiger partial charge in [-0.15, -0.1) is 0 Å². The van der Waals surface area contributed by atoms with Gasteiger partial charge in [0.2, 0.25) is 0 Å². The Labute approximate surface area is 103 Å². The van der Waals surface area contributed by atoms with Gasteiger partial charge >= 0.3 is 0 Å². The number of hydrogen-bond acceptors (Lipinski definition) is 3. The molecule has 94 valence electrons. The minimum absolute atomic E-state index is 0.0276. The second-order valence-electron chi connectivity index (χ2n) is 3.89. The second-order valence-corrected chi connectivity index (χ2v) is 3.89. The molecule has 0 atom stereocenters. The molecule has 1 aromatic heterocycles. The maximum atomic E-state index is 13.7. The third-order valence-electron chi connectivity index (χ3n) is 2.53. The minimum atomic E-state index is -0.772. The number of anilines is 1. The van der Waals surface area contributed by atoms with Crippen LogP contribution in [-0.2, 0) is 6.54 Å². The van der Waals surface area contributed by atoms with Crippen LogP contribution in [0.2, 0.25) is 0 Å². The maximum absolute atomic E-state index is 13.7. The summed E-state index contributed by atoms with van der Waals surface area (Å²) in [6.45, 7) is 0.237. The van der Waals surface area contributed by atoms with Crippen molar-refractivity contribution in [3.05, 3.63) is 53.5 Å². The normalized spacial score (nSPS) is 10.4. The number of nitrogens with zero attached hydrogens (tertiary/aromatic N) is 1. The quantitative estimate of drug-likeness (QED) is 0.783. The summed E-state index contributed by atoms with van der Waals surface area (Å²) in [5.74, 6) is -0.951. The van der Waals surface area contributed by atoms with Crippen molar-refractivity contribution in [3.8, 4) is 0 Å². The average molecular weight is 251 g/mol. The minimum Gasteiger partial charge on any atom is -0.467 e. The Kier molecular flexibility index (Phi) is 3.41. The highest BCUT2D eigenvalue weighted by atomic mass is 19.1. The van der Waals surface area contributed by atoms with Gasteiger partial charge in [-0.25, -0.2) is 8.78 Å². The highest BCUT2D eigenvalue weighted by Crippen LogP contribution is 2.25. The zero-order valence-corrected chi connectivity index (χ0v) is 9.69. The van der Waals surface area contributed by atoms with Gasteiger partial charge in [0.25, 0.3) is 0 Å². The summed E-state index contributed by atoms with van der Waals surface area (Å²) in [5, 5.41) is 0. The van der Waals surface area contributed by atoms with Gasteiger partial charge < -0.3 is 9.32 Å². The molecule has 0 aliphatic rings. The molecule has 0 amide bonds. The van der Waals surface area contributed by atoms with Gasteiger partial charge in [0, 0.05) is 12.6 Å². The SMILES string of the molecule is CN(Cc1ccco1)c1c(F)cc(C=O)cc1F. The maximum Gasteiger partial charge on any atom is 0.150 e. The Hall–Kier alpha value is -2.17. The van der Waals surface area contributed by atoms with E-state index >= 15 is 0 Å². The topological polar surface area (TPSA) is 33.5 Å². The lowest BCUT2D eigenvalue weighted by molar-refractivity contribution is 0.112. The molecule has 0 N–H and O–H groups in total. The Morgan fingerprint density at radius 1 is 1.33 bits per heavy atom. The van der Waals surface area contributed by atoms with Gasteiger partial charge in [0.1, 0.15) is 29.4 Å². The molecule has 2 aromatic rings. The highest BCUT2D eigenvalue weighted by Gasteiger charge is 2.16. The molecule has 0 aliphatic carbocycles. The van der Waals surface area contributed by atoms with Crippen LogP contribution in [0.1, 0.15) is 16.1 Å². The first-order valence-corrected chi connectivity index (χ1v) is 5.29. The molecule has 18 heavy (non-hydrogen) atoms. The molecular formula is C13H11F2NO2. The van der Waals surface area contributed by atoms with Crippen molar-refractivity contribution in [1.82, 2.24) is 0 Å². The number of benzene rings is 1. The Morgan fingerprint density at radius 3 is 2.50 bits per heavy atom. The number of furan rings is 1. The van der Waals surface area contributed by atoms with E-state index in [1.165, 1.54) is 11.2 Å². The lowest BCUT2D eigenvalue weighted by Crippen LogP contribution is -2.19. The molecule has 0 bridgehead atoms. The fourth-order valence-corrected chi connectivity index (χ4v) is 1.73. The number of hydrogen-bond donors (Lipinski definition) is 0.